The number of methoxy groups -OCH3 is 1. The molecule has 0 aromatic rings. The molecule has 0 aliphatic heterocycles. The summed E-state index contributed by atoms with van der Waals surface area (Å²) in [6.07, 6.45) is 17.4. The summed E-state index contributed by atoms with van der Waals surface area (Å²) < 4.78 is 17.9. The minimum atomic E-state index is -0.920. The van der Waals surface area contributed by atoms with Crippen molar-refractivity contribution >= 4 is 17.5 Å². The van der Waals surface area contributed by atoms with E-state index in [9.17, 15) is 4.79 Å². The Hall–Kier alpha value is -1.04. The van der Waals surface area contributed by atoms with E-state index in [1.807, 2.05) is 6.08 Å². The molecule has 2 saturated carbocycles. The van der Waals surface area contributed by atoms with E-state index in [2.05, 4.69) is 39.7 Å². The fraction of sp³-hybridized carbons (Fsp3) is 0.750. The van der Waals surface area contributed by atoms with E-state index in [-0.39, 0.29) is 24.6 Å². The zero-order valence-corrected chi connectivity index (χ0v) is 22.6. The van der Waals surface area contributed by atoms with Gasteiger partial charge in [0.05, 0.1) is 6.10 Å². The lowest BCUT2D eigenvalue weighted by molar-refractivity contribution is -0.171. The molecule has 0 saturated heterocycles. The van der Waals surface area contributed by atoms with Gasteiger partial charge in [0.15, 0.2) is 5.78 Å². The molecule has 2 fully saturated rings. The summed E-state index contributed by atoms with van der Waals surface area (Å²) in [6.45, 7) is 12.2. The monoisotopic (exact) mass is 478 g/mol. The van der Waals surface area contributed by atoms with E-state index in [0.29, 0.717) is 17.8 Å². The van der Waals surface area contributed by atoms with Gasteiger partial charge in [-0.3, -0.25) is 4.79 Å². The average molecular weight is 479 g/mol. The highest BCUT2D eigenvalue weighted by Crippen LogP contribution is 2.56. The van der Waals surface area contributed by atoms with Gasteiger partial charge in [-0.2, -0.15) is 11.8 Å². The van der Waals surface area contributed by atoms with Crippen LogP contribution in [0.5, 0.6) is 0 Å². The number of ketones is 1. The average Bonchev–Trinajstić information content (AvgIpc) is 3.56. The number of Topliss-reactive ketones (excluding diaryl/α,β-unsaturated/α-hetero) is 1. The Morgan fingerprint density at radius 2 is 1.91 bits per heavy atom. The van der Waals surface area contributed by atoms with E-state index < -0.39 is 5.60 Å². The van der Waals surface area contributed by atoms with Crippen LogP contribution < -0.4 is 0 Å². The summed E-state index contributed by atoms with van der Waals surface area (Å²) in [5, 5.41) is 0. The third-order valence-electron chi connectivity index (χ3n) is 7.82. The maximum Gasteiger partial charge on any atom is 0.162 e. The maximum atomic E-state index is 13.1. The van der Waals surface area contributed by atoms with Crippen molar-refractivity contribution < 1.29 is 19.0 Å². The standard InChI is InChI=1S/C28H46O4S/c1-8-10-26(32-25-11-13-27(14-12-25)15-16-27)17-24(21(3)9-2)18-28(23(5)29,31-20-30-6)22(4)19-33-7/h8,10,17,21-22,25H,1,9,11-16,18-20H2,2-7H3/b24-17-,26-10+. The Labute approximate surface area is 206 Å². The van der Waals surface area contributed by atoms with Crippen molar-refractivity contribution in [3.05, 3.63) is 36.1 Å². The number of carbonyl (C=O) groups excluding carboxylic acids is 1. The van der Waals surface area contributed by atoms with Crippen LogP contribution in [0.2, 0.25) is 0 Å². The topological polar surface area (TPSA) is 44.8 Å². The summed E-state index contributed by atoms with van der Waals surface area (Å²) >= 11 is 1.74. The zero-order chi connectivity index (χ0) is 24.5. The van der Waals surface area contributed by atoms with Gasteiger partial charge >= 0.3 is 0 Å². The Morgan fingerprint density at radius 1 is 1.24 bits per heavy atom. The molecule has 5 heteroatoms. The van der Waals surface area contributed by atoms with Crippen LogP contribution in [-0.4, -0.2) is 43.4 Å². The molecule has 0 amide bonds. The lowest BCUT2D eigenvalue weighted by atomic mass is 9.77. The van der Waals surface area contributed by atoms with Crippen LogP contribution in [0.4, 0.5) is 0 Å². The normalized spacial score (nSPS) is 22.5. The minimum Gasteiger partial charge on any atom is -0.490 e. The zero-order valence-electron chi connectivity index (χ0n) is 21.8. The molecule has 3 unspecified atom stereocenters. The molecule has 0 aromatic heterocycles. The first-order valence-corrected chi connectivity index (χ1v) is 14.0. The first-order valence-electron chi connectivity index (χ1n) is 12.6. The summed E-state index contributed by atoms with van der Waals surface area (Å²) in [7, 11) is 1.60. The van der Waals surface area contributed by atoms with E-state index >= 15 is 0 Å². The van der Waals surface area contributed by atoms with E-state index in [1.165, 1.54) is 31.3 Å². The number of allylic oxidation sites excluding steroid dienone is 3. The maximum absolute atomic E-state index is 13.1. The molecule has 33 heavy (non-hydrogen) atoms. The van der Waals surface area contributed by atoms with Crippen molar-refractivity contribution in [1.29, 1.82) is 0 Å². The van der Waals surface area contributed by atoms with Gasteiger partial charge in [0.2, 0.25) is 0 Å². The smallest absolute Gasteiger partial charge is 0.162 e. The molecule has 0 aromatic carbocycles. The molecular formula is C28H46O4S. The minimum absolute atomic E-state index is 0.0486. The first-order chi connectivity index (χ1) is 15.8. The molecule has 4 nitrogen and oxygen atoms in total. The summed E-state index contributed by atoms with van der Waals surface area (Å²) in [4.78, 5) is 13.1. The van der Waals surface area contributed by atoms with Crippen LogP contribution in [-0.2, 0) is 19.0 Å². The Kier molecular flexibility index (Phi) is 11.2. The highest BCUT2D eigenvalue weighted by atomic mass is 32.2. The van der Waals surface area contributed by atoms with Crippen molar-refractivity contribution in [2.75, 3.05) is 25.9 Å². The molecule has 2 rings (SSSR count). The lowest BCUT2D eigenvalue weighted by Crippen LogP contribution is -2.48. The Morgan fingerprint density at radius 3 is 2.39 bits per heavy atom. The molecule has 0 radical (unpaired) electrons. The number of hydrogen-bond acceptors (Lipinski definition) is 5. The van der Waals surface area contributed by atoms with Gasteiger partial charge in [-0.1, -0.05) is 39.0 Å². The number of ether oxygens (including phenoxy) is 3. The molecular weight excluding hydrogens is 432 g/mol. The molecule has 0 N–H and O–H groups in total. The second kappa shape index (κ2) is 13.2. The van der Waals surface area contributed by atoms with Crippen LogP contribution in [0, 0.1) is 17.3 Å². The van der Waals surface area contributed by atoms with Gasteiger partial charge < -0.3 is 14.2 Å². The predicted octanol–water partition coefficient (Wildman–Crippen LogP) is 7.11. The fourth-order valence-electron chi connectivity index (χ4n) is 5.03. The number of carbonyl (C=O) groups is 1. The molecule has 0 heterocycles. The Bertz CT molecular complexity index is 699. The predicted molar refractivity (Wildman–Crippen MR) is 139 cm³/mol. The number of hydrogen-bond donors (Lipinski definition) is 0. The third-order valence-corrected chi connectivity index (χ3v) is 8.65. The van der Waals surface area contributed by atoms with Crippen molar-refractivity contribution in [3.63, 3.8) is 0 Å². The van der Waals surface area contributed by atoms with Crippen molar-refractivity contribution in [3.8, 4) is 0 Å². The van der Waals surface area contributed by atoms with Crippen LogP contribution in [0.15, 0.2) is 36.1 Å². The summed E-state index contributed by atoms with van der Waals surface area (Å²) in [5.41, 5.74) is 0.906. The van der Waals surface area contributed by atoms with Crippen LogP contribution in [0.3, 0.4) is 0 Å². The van der Waals surface area contributed by atoms with Gasteiger partial charge in [-0.15, -0.1) is 0 Å². The van der Waals surface area contributed by atoms with E-state index in [4.69, 9.17) is 14.2 Å². The van der Waals surface area contributed by atoms with Gasteiger partial charge in [0.1, 0.15) is 18.2 Å². The largest absolute Gasteiger partial charge is 0.490 e. The number of thioether (sulfide) groups is 1. The molecule has 0 bridgehead atoms. The van der Waals surface area contributed by atoms with Crippen molar-refractivity contribution in [2.45, 2.75) is 90.8 Å². The molecule has 2 aliphatic rings. The number of rotatable bonds is 15. The quantitative estimate of drug-likeness (QED) is 0.143. The van der Waals surface area contributed by atoms with E-state index in [0.717, 1.165) is 30.8 Å². The Balaban J connectivity index is 2.31. The van der Waals surface area contributed by atoms with Crippen LogP contribution in [0.25, 0.3) is 0 Å². The van der Waals surface area contributed by atoms with Gasteiger partial charge in [-0.05, 0) is 87.4 Å². The second-order valence-electron chi connectivity index (χ2n) is 10.2. The van der Waals surface area contributed by atoms with Crippen LogP contribution in [0.1, 0.15) is 79.1 Å². The third kappa shape index (κ3) is 7.73. The molecule has 2 aliphatic carbocycles. The van der Waals surface area contributed by atoms with Crippen LogP contribution >= 0.6 is 11.8 Å². The van der Waals surface area contributed by atoms with Crippen molar-refractivity contribution in [1.82, 2.24) is 0 Å². The molecule has 3 atom stereocenters. The van der Waals surface area contributed by atoms with Crippen molar-refractivity contribution in [2.24, 2.45) is 17.3 Å². The summed E-state index contributed by atoms with van der Waals surface area (Å²) in [6, 6.07) is 0. The first kappa shape index (κ1) is 28.2. The SMILES string of the molecule is C=C/C=C(\C=C(\CC(OCOC)(C(C)=O)C(C)CSC)C(C)CC)OC1CCC2(CC1)CC2. The molecule has 1 spiro atoms. The van der Waals surface area contributed by atoms with E-state index in [1.54, 1.807) is 31.9 Å². The lowest BCUT2D eigenvalue weighted by Gasteiger charge is -2.38. The highest BCUT2D eigenvalue weighted by molar-refractivity contribution is 7.98. The second-order valence-corrected chi connectivity index (χ2v) is 11.1. The molecule has 188 valence electrons. The highest BCUT2D eigenvalue weighted by Gasteiger charge is 2.45. The van der Waals surface area contributed by atoms with Gasteiger partial charge in [0, 0.05) is 19.4 Å². The summed E-state index contributed by atoms with van der Waals surface area (Å²) in [5.74, 6) is 2.08. The van der Waals surface area contributed by atoms with Gasteiger partial charge in [0.25, 0.3) is 0 Å². The fourth-order valence-corrected chi connectivity index (χ4v) is 5.80. The van der Waals surface area contributed by atoms with Gasteiger partial charge in [-0.25, -0.2) is 0 Å².